The highest BCUT2D eigenvalue weighted by molar-refractivity contribution is 6.14. The molecule has 0 radical (unpaired) electrons. The van der Waals surface area contributed by atoms with Gasteiger partial charge in [0.15, 0.2) is 5.78 Å². The Bertz CT molecular complexity index is 1110. The lowest BCUT2D eigenvalue weighted by Crippen LogP contribution is -2.43. The summed E-state index contributed by atoms with van der Waals surface area (Å²) >= 11 is 0. The topological polar surface area (TPSA) is 91.4 Å². The second-order valence-electron chi connectivity index (χ2n) is 7.59. The molecule has 2 N–H and O–H groups in total. The Kier molecular flexibility index (Phi) is 7.46. The normalized spacial score (nSPS) is 11.6. The first-order valence-corrected chi connectivity index (χ1v) is 10.3. The van der Waals surface area contributed by atoms with E-state index in [1.807, 2.05) is 19.1 Å². The molecule has 7 nitrogen and oxygen atoms in total. The van der Waals surface area contributed by atoms with Gasteiger partial charge in [-0.25, -0.2) is 4.98 Å². The Labute approximate surface area is 187 Å². The summed E-state index contributed by atoms with van der Waals surface area (Å²) in [5, 5.41) is 5.56. The van der Waals surface area contributed by atoms with Crippen molar-refractivity contribution in [1.29, 1.82) is 0 Å². The molecule has 0 aliphatic rings. The molecule has 0 aliphatic carbocycles. The van der Waals surface area contributed by atoms with Crippen LogP contribution in [-0.2, 0) is 9.59 Å². The lowest BCUT2D eigenvalue weighted by atomic mass is 10.0. The fourth-order valence-electron chi connectivity index (χ4n) is 3.12. The highest BCUT2D eigenvalue weighted by Crippen LogP contribution is 2.20. The number of pyridine rings is 1. The smallest absolute Gasteiger partial charge is 0.241 e. The van der Waals surface area contributed by atoms with Gasteiger partial charge in [-0.1, -0.05) is 42.5 Å². The fourth-order valence-corrected chi connectivity index (χ4v) is 3.12. The number of anilines is 2. The van der Waals surface area contributed by atoms with Crippen LogP contribution in [-0.4, -0.2) is 47.1 Å². The van der Waals surface area contributed by atoms with Gasteiger partial charge < -0.3 is 10.6 Å². The third kappa shape index (κ3) is 5.86. The summed E-state index contributed by atoms with van der Waals surface area (Å²) in [5.41, 5.74) is 2.37. The summed E-state index contributed by atoms with van der Waals surface area (Å²) in [6.07, 6.45) is 1.62. The number of likely N-dealkylation sites (N-methyl/N-ethyl adjacent to an activating group) is 1. The van der Waals surface area contributed by atoms with Gasteiger partial charge in [0.25, 0.3) is 0 Å². The lowest BCUT2D eigenvalue weighted by Gasteiger charge is -2.23. The molecule has 1 aromatic heterocycles. The van der Waals surface area contributed by atoms with Crippen LogP contribution in [0.2, 0.25) is 0 Å². The van der Waals surface area contributed by atoms with Crippen molar-refractivity contribution in [2.75, 3.05) is 24.2 Å². The van der Waals surface area contributed by atoms with E-state index in [9.17, 15) is 14.4 Å². The zero-order chi connectivity index (χ0) is 23.1. The summed E-state index contributed by atoms with van der Waals surface area (Å²) in [5.74, 6) is -0.298. The molecule has 0 bridgehead atoms. The van der Waals surface area contributed by atoms with E-state index in [1.54, 1.807) is 79.7 Å². The molecule has 32 heavy (non-hydrogen) atoms. The van der Waals surface area contributed by atoms with Crippen LogP contribution in [0.3, 0.4) is 0 Å². The summed E-state index contributed by atoms with van der Waals surface area (Å²) in [6, 6.07) is 18.8. The summed E-state index contributed by atoms with van der Waals surface area (Å²) in [4.78, 5) is 43.8. The molecule has 2 aromatic carbocycles. The molecule has 0 aliphatic heterocycles. The van der Waals surface area contributed by atoms with Gasteiger partial charge in [-0.2, -0.15) is 0 Å². The third-order valence-corrected chi connectivity index (χ3v) is 5.08. The number of amides is 2. The quantitative estimate of drug-likeness (QED) is 0.534. The van der Waals surface area contributed by atoms with Gasteiger partial charge in [-0.15, -0.1) is 0 Å². The Balaban J connectivity index is 1.64. The number of hydrogen-bond donors (Lipinski definition) is 2. The predicted octanol–water partition coefficient (Wildman–Crippen LogP) is 3.52. The first-order chi connectivity index (χ1) is 15.3. The van der Waals surface area contributed by atoms with Crippen LogP contribution >= 0.6 is 0 Å². The number of nitrogens with one attached hydrogen (secondary N) is 2. The number of benzene rings is 2. The van der Waals surface area contributed by atoms with E-state index < -0.39 is 6.04 Å². The first kappa shape index (κ1) is 22.8. The SMILES string of the molecule is Cc1ccnc(NC(=O)CN(C)C(C)C(=O)Nc2ccccc2C(=O)c2ccccc2)c1. The number of nitrogens with zero attached hydrogens (tertiary/aromatic N) is 2. The minimum Gasteiger partial charge on any atom is -0.324 e. The van der Waals surface area contributed by atoms with Crippen molar-refractivity contribution in [1.82, 2.24) is 9.88 Å². The molecule has 3 rings (SSSR count). The summed E-state index contributed by atoms with van der Waals surface area (Å²) in [7, 11) is 1.69. The predicted molar refractivity (Wildman–Crippen MR) is 125 cm³/mol. The Morgan fingerprint density at radius 2 is 1.66 bits per heavy atom. The zero-order valence-corrected chi connectivity index (χ0v) is 18.3. The molecule has 3 aromatic rings. The highest BCUT2D eigenvalue weighted by atomic mass is 16.2. The molecule has 0 saturated carbocycles. The van der Waals surface area contributed by atoms with Crippen molar-refractivity contribution < 1.29 is 14.4 Å². The third-order valence-electron chi connectivity index (χ3n) is 5.08. The van der Waals surface area contributed by atoms with E-state index in [2.05, 4.69) is 15.6 Å². The Morgan fingerprint density at radius 3 is 2.38 bits per heavy atom. The van der Waals surface area contributed by atoms with Gasteiger partial charge in [0, 0.05) is 17.3 Å². The van der Waals surface area contributed by atoms with E-state index >= 15 is 0 Å². The number of carbonyl (C=O) groups is 3. The van der Waals surface area contributed by atoms with Gasteiger partial charge in [0.1, 0.15) is 5.82 Å². The number of aryl methyl sites for hydroxylation is 1. The molecule has 7 heteroatoms. The maximum Gasteiger partial charge on any atom is 0.241 e. The van der Waals surface area contributed by atoms with Crippen LogP contribution in [0.5, 0.6) is 0 Å². The van der Waals surface area contributed by atoms with E-state index in [4.69, 9.17) is 0 Å². The summed E-state index contributed by atoms with van der Waals surface area (Å²) < 4.78 is 0. The van der Waals surface area contributed by atoms with Crippen LogP contribution in [0, 0.1) is 6.92 Å². The largest absolute Gasteiger partial charge is 0.324 e. The minimum atomic E-state index is -0.605. The van der Waals surface area contributed by atoms with Crippen LogP contribution in [0.15, 0.2) is 72.9 Å². The van der Waals surface area contributed by atoms with Crippen LogP contribution in [0.1, 0.15) is 28.4 Å². The van der Waals surface area contributed by atoms with E-state index in [1.165, 1.54) is 0 Å². The fraction of sp³-hybridized carbons (Fsp3) is 0.200. The number of ketones is 1. The molecule has 2 amide bonds. The molecule has 1 unspecified atom stereocenters. The molecule has 0 fully saturated rings. The van der Waals surface area contributed by atoms with Gasteiger partial charge in [0.05, 0.1) is 18.3 Å². The van der Waals surface area contributed by atoms with Crippen molar-refractivity contribution in [2.24, 2.45) is 0 Å². The van der Waals surface area contributed by atoms with Crippen molar-refractivity contribution in [3.63, 3.8) is 0 Å². The van der Waals surface area contributed by atoms with Crippen LogP contribution < -0.4 is 10.6 Å². The molecule has 0 saturated heterocycles. The standard InChI is InChI=1S/C25H26N4O3/c1-17-13-14-26-22(15-17)28-23(30)16-29(3)18(2)25(32)27-21-12-8-7-11-20(21)24(31)19-9-5-4-6-10-19/h4-15,18H,16H2,1-3H3,(H,27,32)(H,26,28,30). The number of hydrogen-bond acceptors (Lipinski definition) is 5. The van der Waals surface area contributed by atoms with Crippen LogP contribution in [0.25, 0.3) is 0 Å². The average Bonchev–Trinajstić information content (AvgIpc) is 2.79. The zero-order valence-electron chi connectivity index (χ0n) is 18.3. The van der Waals surface area contributed by atoms with E-state index in [0.717, 1.165) is 5.56 Å². The molecule has 1 atom stereocenters. The average molecular weight is 431 g/mol. The number of rotatable bonds is 8. The number of para-hydroxylation sites is 1. The molecule has 164 valence electrons. The van der Waals surface area contributed by atoms with Gasteiger partial charge >= 0.3 is 0 Å². The first-order valence-electron chi connectivity index (χ1n) is 10.3. The Morgan fingerprint density at radius 1 is 0.969 bits per heavy atom. The molecule has 1 heterocycles. The minimum absolute atomic E-state index is 0.00873. The van der Waals surface area contributed by atoms with E-state index in [-0.39, 0.29) is 24.1 Å². The molecule has 0 spiro atoms. The van der Waals surface area contributed by atoms with Crippen molar-refractivity contribution in [3.8, 4) is 0 Å². The molecular weight excluding hydrogens is 404 g/mol. The van der Waals surface area contributed by atoms with Gasteiger partial charge in [-0.3, -0.25) is 19.3 Å². The van der Waals surface area contributed by atoms with Gasteiger partial charge in [-0.05, 0) is 50.7 Å². The van der Waals surface area contributed by atoms with Crippen molar-refractivity contribution >= 4 is 29.1 Å². The van der Waals surface area contributed by atoms with Gasteiger partial charge in [0.2, 0.25) is 11.8 Å². The van der Waals surface area contributed by atoms with E-state index in [0.29, 0.717) is 22.6 Å². The second kappa shape index (κ2) is 10.5. The number of aromatic nitrogens is 1. The maximum atomic E-state index is 12.9. The highest BCUT2D eigenvalue weighted by Gasteiger charge is 2.22. The van der Waals surface area contributed by atoms with Crippen molar-refractivity contribution in [2.45, 2.75) is 19.9 Å². The lowest BCUT2D eigenvalue weighted by molar-refractivity contribution is -0.122. The molecular formula is C25H26N4O3. The number of carbonyl (C=O) groups excluding carboxylic acids is 3. The Hall–Kier alpha value is -3.84. The van der Waals surface area contributed by atoms with Crippen molar-refractivity contribution in [3.05, 3.63) is 89.6 Å². The van der Waals surface area contributed by atoms with Crippen LogP contribution in [0.4, 0.5) is 11.5 Å². The maximum absolute atomic E-state index is 12.9. The summed E-state index contributed by atoms with van der Waals surface area (Å²) in [6.45, 7) is 3.63. The monoisotopic (exact) mass is 430 g/mol. The second-order valence-corrected chi connectivity index (χ2v) is 7.59.